The van der Waals surface area contributed by atoms with Crippen LogP contribution in [-0.2, 0) is 4.74 Å². The van der Waals surface area contributed by atoms with Crippen LogP contribution >= 0.6 is 11.6 Å². The summed E-state index contributed by atoms with van der Waals surface area (Å²) < 4.78 is 7.38. The largest absolute Gasteiger partial charge is 0.378 e. The Morgan fingerprint density at radius 1 is 1.04 bits per heavy atom. The van der Waals surface area contributed by atoms with Gasteiger partial charge in [0.05, 0.1) is 24.5 Å². The number of rotatable bonds is 4. The second-order valence-electron chi connectivity index (χ2n) is 6.32. The summed E-state index contributed by atoms with van der Waals surface area (Å²) in [5.41, 5.74) is 2.20. The number of hydrogen-bond donors (Lipinski definition) is 0. The van der Waals surface area contributed by atoms with Gasteiger partial charge in [-0.1, -0.05) is 41.9 Å². The third-order valence-electron chi connectivity index (χ3n) is 4.50. The minimum atomic E-state index is 0.429. The molecule has 3 aromatic rings. The molecule has 2 heterocycles. The van der Waals surface area contributed by atoms with Gasteiger partial charge in [0, 0.05) is 18.1 Å². The summed E-state index contributed by atoms with van der Waals surface area (Å²) in [5.74, 6) is 1.21. The molecule has 1 fully saturated rings. The van der Waals surface area contributed by atoms with Gasteiger partial charge >= 0.3 is 0 Å². The molecule has 0 spiro atoms. The number of ether oxygens (including phenoxy) is 1. The lowest BCUT2D eigenvalue weighted by atomic mass is 10.1. The van der Waals surface area contributed by atoms with Crippen molar-refractivity contribution >= 4 is 29.2 Å². The quantitative estimate of drug-likeness (QED) is 0.632. The maximum Gasteiger partial charge on any atom is 0.232 e. The molecule has 0 radical (unpaired) electrons. The molecule has 0 N–H and O–H groups in total. The number of nitrogens with zero attached hydrogens (tertiary/aromatic N) is 5. The number of para-hydroxylation sites is 1. The normalized spacial score (nSPS) is 14.7. The number of morpholine rings is 1. The Hall–Kier alpha value is -3.14. The summed E-state index contributed by atoms with van der Waals surface area (Å²) in [4.78, 5) is 2.13. The highest BCUT2D eigenvalue weighted by Crippen LogP contribution is 2.26. The molecule has 28 heavy (non-hydrogen) atoms. The number of halogens is 1. The fourth-order valence-electron chi connectivity index (χ4n) is 3.11. The van der Waals surface area contributed by atoms with Gasteiger partial charge in [-0.3, -0.25) is 4.57 Å². The number of anilines is 1. The van der Waals surface area contributed by atoms with E-state index in [-0.39, 0.29) is 0 Å². The molecular weight excluding hydrogens is 374 g/mol. The van der Waals surface area contributed by atoms with E-state index in [9.17, 15) is 5.26 Å². The Morgan fingerprint density at radius 3 is 2.43 bits per heavy atom. The summed E-state index contributed by atoms with van der Waals surface area (Å²) in [6.45, 7) is 2.74. The maximum atomic E-state index is 9.83. The zero-order valence-electron chi connectivity index (χ0n) is 15.1. The fraction of sp³-hybridized carbons (Fsp3) is 0.190. The zero-order chi connectivity index (χ0) is 19.3. The summed E-state index contributed by atoms with van der Waals surface area (Å²) in [5, 5.41) is 19.3. The molecule has 0 atom stereocenters. The lowest BCUT2D eigenvalue weighted by molar-refractivity contribution is 0.122. The summed E-state index contributed by atoms with van der Waals surface area (Å²) in [6, 6.07) is 19.4. The van der Waals surface area contributed by atoms with E-state index in [4.69, 9.17) is 16.3 Å². The van der Waals surface area contributed by atoms with Crippen LogP contribution in [0.3, 0.4) is 0 Å². The van der Waals surface area contributed by atoms with E-state index >= 15 is 0 Å². The lowest BCUT2D eigenvalue weighted by Crippen LogP contribution is -2.38. The highest BCUT2D eigenvalue weighted by molar-refractivity contribution is 6.30. The zero-order valence-corrected chi connectivity index (χ0v) is 15.9. The van der Waals surface area contributed by atoms with Crippen molar-refractivity contribution in [1.29, 1.82) is 5.26 Å². The SMILES string of the molecule is N#CC(=Cc1ccc(Cl)cc1)c1nnc(N2CCOCC2)n1-c1ccccc1. The highest BCUT2D eigenvalue weighted by atomic mass is 35.5. The number of hydrogen-bond acceptors (Lipinski definition) is 5. The van der Waals surface area contributed by atoms with Gasteiger partial charge in [0.2, 0.25) is 5.95 Å². The second-order valence-corrected chi connectivity index (χ2v) is 6.75. The van der Waals surface area contributed by atoms with Crippen molar-refractivity contribution in [3.8, 4) is 11.8 Å². The molecule has 1 saturated heterocycles. The number of allylic oxidation sites excluding steroid dienone is 1. The Bertz CT molecular complexity index is 1020. The molecule has 0 saturated carbocycles. The van der Waals surface area contributed by atoms with Crippen molar-refractivity contribution in [2.45, 2.75) is 0 Å². The molecule has 1 aliphatic rings. The van der Waals surface area contributed by atoms with Gasteiger partial charge in [0.1, 0.15) is 6.07 Å². The van der Waals surface area contributed by atoms with Crippen LogP contribution in [0.15, 0.2) is 54.6 Å². The molecule has 0 unspecified atom stereocenters. The van der Waals surface area contributed by atoms with Crippen LogP contribution in [-0.4, -0.2) is 41.1 Å². The number of benzene rings is 2. The highest BCUT2D eigenvalue weighted by Gasteiger charge is 2.23. The Balaban J connectivity index is 1.82. The molecule has 0 aliphatic carbocycles. The van der Waals surface area contributed by atoms with Gasteiger partial charge in [-0.15, -0.1) is 10.2 Å². The van der Waals surface area contributed by atoms with E-state index in [0.717, 1.165) is 24.3 Å². The van der Waals surface area contributed by atoms with E-state index in [1.165, 1.54) is 0 Å². The first kappa shape index (κ1) is 18.2. The standard InChI is InChI=1S/C21H18ClN5O/c22-18-8-6-16(7-9-18)14-17(15-23)20-24-25-21(26-10-12-28-13-11-26)27(20)19-4-2-1-3-5-19/h1-9,14H,10-13H2. The first-order valence-corrected chi connectivity index (χ1v) is 9.35. The first-order valence-electron chi connectivity index (χ1n) is 8.97. The predicted molar refractivity (Wildman–Crippen MR) is 109 cm³/mol. The minimum absolute atomic E-state index is 0.429. The lowest BCUT2D eigenvalue weighted by Gasteiger charge is -2.28. The number of nitriles is 1. The summed E-state index contributed by atoms with van der Waals surface area (Å²) in [6.07, 6.45) is 1.79. The van der Waals surface area contributed by atoms with Crippen molar-refractivity contribution < 1.29 is 4.74 Å². The molecule has 0 amide bonds. The van der Waals surface area contributed by atoms with Crippen LogP contribution in [0, 0.1) is 11.3 Å². The van der Waals surface area contributed by atoms with E-state index in [1.54, 1.807) is 18.2 Å². The molecule has 6 nitrogen and oxygen atoms in total. The van der Waals surface area contributed by atoms with Gasteiger partial charge in [0.25, 0.3) is 0 Å². The molecule has 4 rings (SSSR count). The molecule has 1 aliphatic heterocycles. The van der Waals surface area contributed by atoms with Crippen molar-refractivity contribution in [3.05, 3.63) is 71.0 Å². The van der Waals surface area contributed by atoms with Crippen LogP contribution in [0.2, 0.25) is 5.02 Å². The van der Waals surface area contributed by atoms with Crippen molar-refractivity contribution in [2.24, 2.45) is 0 Å². The second kappa shape index (κ2) is 8.26. The minimum Gasteiger partial charge on any atom is -0.378 e. The molecule has 1 aromatic heterocycles. The molecule has 140 valence electrons. The first-order chi connectivity index (χ1) is 13.8. The Labute approximate surface area is 168 Å². The van der Waals surface area contributed by atoms with Crippen LogP contribution in [0.5, 0.6) is 0 Å². The van der Waals surface area contributed by atoms with Crippen molar-refractivity contribution in [3.63, 3.8) is 0 Å². The summed E-state index contributed by atoms with van der Waals surface area (Å²) >= 11 is 5.97. The Kier molecular flexibility index (Phi) is 5.38. The van der Waals surface area contributed by atoms with E-state index in [2.05, 4.69) is 21.2 Å². The van der Waals surface area contributed by atoms with E-state index < -0.39 is 0 Å². The average molecular weight is 392 g/mol. The van der Waals surface area contributed by atoms with E-state index in [0.29, 0.717) is 35.6 Å². The average Bonchev–Trinajstić information content (AvgIpc) is 3.19. The molecule has 2 aromatic carbocycles. The van der Waals surface area contributed by atoms with Crippen molar-refractivity contribution in [1.82, 2.24) is 14.8 Å². The third kappa shape index (κ3) is 3.77. The topological polar surface area (TPSA) is 67.0 Å². The van der Waals surface area contributed by atoms with Gasteiger partial charge in [-0.05, 0) is 35.9 Å². The van der Waals surface area contributed by atoms with Gasteiger partial charge in [-0.2, -0.15) is 5.26 Å². The maximum absolute atomic E-state index is 9.83. The van der Waals surface area contributed by atoms with Gasteiger partial charge in [-0.25, -0.2) is 0 Å². The molecule has 0 bridgehead atoms. The summed E-state index contributed by atoms with van der Waals surface area (Å²) in [7, 11) is 0. The molecule has 7 heteroatoms. The van der Waals surface area contributed by atoms with Crippen LogP contribution in [0.25, 0.3) is 17.3 Å². The van der Waals surface area contributed by atoms with E-state index in [1.807, 2.05) is 47.0 Å². The Morgan fingerprint density at radius 2 is 1.75 bits per heavy atom. The number of aromatic nitrogens is 3. The molecular formula is C21H18ClN5O. The van der Waals surface area contributed by atoms with Crippen LogP contribution < -0.4 is 4.90 Å². The van der Waals surface area contributed by atoms with Crippen molar-refractivity contribution in [2.75, 3.05) is 31.2 Å². The fourth-order valence-corrected chi connectivity index (χ4v) is 3.23. The third-order valence-corrected chi connectivity index (χ3v) is 4.75. The van der Waals surface area contributed by atoms with Crippen LogP contribution in [0.4, 0.5) is 5.95 Å². The van der Waals surface area contributed by atoms with Gasteiger partial charge in [0.15, 0.2) is 5.82 Å². The predicted octanol–water partition coefficient (Wildman–Crippen LogP) is 3.82. The monoisotopic (exact) mass is 391 g/mol. The van der Waals surface area contributed by atoms with Crippen LogP contribution in [0.1, 0.15) is 11.4 Å². The smallest absolute Gasteiger partial charge is 0.232 e. The van der Waals surface area contributed by atoms with Gasteiger partial charge < -0.3 is 9.64 Å².